The highest BCUT2D eigenvalue weighted by atomic mass is 35.5. The maximum atomic E-state index is 10.2. The van der Waals surface area contributed by atoms with Gasteiger partial charge in [0.05, 0.1) is 5.71 Å². The van der Waals surface area contributed by atoms with Crippen LogP contribution in [0.2, 0.25) is 0 Å². The van der Waals surface area contributed by atoms with Crippen LogP contribution in [0.15, 0.2) is 5.16 Å². The zero-order valence-corrected chi connectivity index (χ0v) is 20.4. The first-order chi connectivity index (χ1) is 12.2. The van der Waals surface area contributed by atoms with Crippen LogP contribution in [0.25, 0.3) is 0 Å². The second-order valence-electron chi connectivity index (χ2n) is 5.66. The van der Waals surface area contributed by atoms with Crippen molar-refractivity contribution < 1.29 is 15.5 Å². The Hall–Kier alpha value is -0.690. The molecule has 8 N–H and O–H groups in total. The average molecular weight is 430 g/mol. The summed E-state index contributed by atoms with van der Waals surface area (Å²) in [4.78, 5) is 10.2. The van der Waals surface area contributed by atoms with Crippen LogP contribution in [0.5, 0.6) is 0 Å². The van der Waals surface area contributed by atoms with Crippen LogP contribution in [-0.4, -0.2) is 28.2 Å². The molecule has 0 aliphatic heterocycles. The van der Waals surface area contributed by atoms with Crippen molar-refractivity contribution in [2.45, 2.75) is 125 Å². The molecule has 0 aromatic carbocycles. The molecule has 0 atom stereocenters. The molecule has 0 heterocycles. The van der Waals surface area contributed by atoms with Crippen molar-refractivity contribution in [3.63, 3.8) is 0 Å². The number of oxime groups is 1. The van der Waals surface area contributed by atoms with Crippen LogP contribution in [0.3, 0.4) is 0 Å². The molecule has 3 aliphatic rings. The van der Waals surface area contributed by atoms with Crippen molar-refractivity contribution in [3.8, 4) is 0 Å². The van der Waals surface area contributed by atoms with Gasteiger partial charge in [0.25, 0.3) is 0 Å². The molecule has 3 fully saturated rings. The predicted molar refractivity (Wildman–Crippen MR) is 128 cm³/mol. The molecular weight excluding hydrogens is 378 g/mol. The van der Waals surface area contributed by atoms with Crippen molar-refractivity contribution in [2.24, 2.45) is 10.9 Å². The van der Waals surface area contributed by atoms with Crippen molar-refractivity contribution in [1.29, 1.82) is 0 Å². The van der Waals surface area contributed by atoms with Gasteiger partial charge in [-0.3, -0.25) is 4.79 Å². The monoisotopic (exact) mass is 429 g/mol. The summed E-state index contributed by atoms with van der Waals surface area (Å²) in [5.74, 6) is 0.454. The summed E-state index contributed by atoms with van der Waals surface area (Å²) in [5.41, 5.74) is 6.51. The lowest BCUT2D eigenvalue weighted by Crippen LogP contribution is -2.13. The molecule has 0 aromatic heterocycles. The molecule has 0 amide bonds. The third-order valence-corrected chi connectivity index (χ3v) is 3.88. The third kappa shape index (κ3) is 30.1. The van der Waals surface area contributed by atoms with Crippen LogP contribution >= 0.6 is 12.4 Å². The summed E-state index contributed by atoms with van der Waals surface area (Å²) in [7, 11) is 0. The van der Waals surface area contributed by atoms with Crippen molar-refractivity contribution in [1.82, 2.24) is 6.15 Å². The standard InChI is InChI=1S/C5H9NO.C5H11N.C5H8O.3C2H6.ClH.H3N.H2O/c7-6-5-3-1-2-4-5;2*6-5-3-1-2-4-5;3*1-2;;;/h7H,1-4H2;5H,1-4,6H2;1-4H2;3*1-2H3;1H;1H3;1H2. The molecule has 0 unspecified atom stereocenters. The molecular formula is C21H52ClN3O3. The number of halogens is 1. The molecule has 0 bridgehead atoms. The van der Waals surface area contributed by atoms with Crippen LogP contribution in [-0.2, 0) is 4.79 Å². The summed E-state index contributed by atoms with van der Waals surface area (Å²) in [6, 6.07) is 0.546. The molecule has 28 heavy (non-hydrogen) atoms. The average Bonchev–Trinajstić information content (AvgIpc) is 3.45. The van der Waals surface area contributed by atoms with Gasteiger partial charge in [0.2, 0.25) is 0 Å². The Morgan fingerprint density at radius 1 is 0.786 bits per heavy atom. The fourth-order valence-electron chi connectivity index (χ4n) is 2.61. The smallest absolute Gasteiger partial charge is 0.132 e. The maximum absolute atomic E-state index is 10.2. The number of nitrogens with two attached hydrogens (primary N) is 1. The van der Waals surface area contributed by atoms with E-state index >= 15 is 0 Å². The number of carbonyl (C=O) groups excluding carboxylic acids is 1. The third-order valence-electron chi connectivity index (χ3n) is 3.88. The van der Waals surface area contributed by atoms with E-state index in [0.717, 1.165) is 44.2 Å². The normalized spacial score (nSPS) is 16.0. The highest BCUT2D eigenvalue weighted by Crippen LogP contribution is 2.14. The summed E-state index contributed by atoms with van der Waals surface area (Å²) < 4.78 is 0. The molecule has 0 spiro atoms. The number of Topliss-reactive ketones (excluding diaryl/α,β-unsaturated/α-hetero) is 1. The lowest BCUT2D eigenvalue weighted by atomic mass is 10.3. The van der Waals surface area contributed by atoms with Gasteiger partial charge in [0.15, 0.2) is 0 Å². The first-order valence-electron chi connectivity index (χ1n) is 10.7. The number of hydrogen-bond donors (Lipinski definition) is 3. The first kappa shape index (κ1) is 41.6. The summed E-state index contributed by atoms with van der Waals surface area (Å²) in [6.07, 6.45) is 13.7. The van der Waals surface area contributed by atoms with Gasteiger partial charge < -0.3 is 22.6 Å². The van der Waals surface area contributed by atoms with Crippen molar-refractivity contribution in [2.75, 3.05) is 0 Å². The van der Waals surface area contributed by atoms with Gasteiger partial charge in [-0.1, -0.05) is 59.5 Å². The Balaban J connectivity index is -0.0000000547. The van der Waals surface area contributed by atoms with Crippen molar-refractivity contribution in [3.05, 3.63) is 0 Å². The Bertz CT molecular complexity index is 283. The summed E-state index contributed by atoms with van der Waals surface area (Å²) in [6.45, 7) is 12.0. The minimum absolute atomic E-state index is 0. The number of hydrogen-bond acceptors (Lipinski definition) is 5. The quantitative estimate of drug-likeness (QED) is 0.309. The van der Waals surface area contributed by atoms with E-state index in [9.17, 15) is 4.79 Å². The number of nitrogens with zero attached hydrogens (tertiary/aromatic N) is 1. The second-order valence-corrected chi connectivity index (χ2v) is 5.66. The van der Waals surface area contributed by atoms with Crippen LogP contribution in [0.4, 0.5) is 0 Å². The van der Waals surface area contributed by atoms with E-state index in [0.29, 0.717) is 11.8 Å². The van der Waals surface area contributed by atoms with Crippen LogP contribution < -0.4 is 11.9 Å². The first-order valence-corrected chi connectivity index (χ1v) is 10.7. The van der Waals surface area contributed by atoms with Gasteiger partial charge in [-0.05, 0) is 51.4 Å². The number of rotatable bonds is 0. The van der Waals surface area contributed by atoms with Gasteiger partial charge in [0, 0.05) is 18.9 Å². The van der Waals surface area contributed by atoms with E-state index in [1.807, 2.05) is 41.5 Å². The minimum atomic E-state index is 0. The van der Waals surface area contributed by atoms with E-state index in [4.69, 9.17) is 10.9 Å². The van der Waals surface area contributed by atoms with E-state index in [2.05, 4.69) is 5.16 Å². The molecule has 176 valence electrons. The fourth-order valence-corrected chi connectivity index (χ4v) is 2.61. The summed E-state index contributed by atoms with van der Waals surface area (Å²) >= 11 is 0. The van der Waals surface area contributed by atoms with Gasteiger partial charge >= 0.3 is 0 Å². The predicted octanol–water partition coefficient (Wildman–Crippen LogP) is 6.25. The zero-order chi connectivity index (χ0) is 19.9. The number of carbonyl (C=O) groups is 1. The van der Waals surface area contributed by atoms with E-state index in [1.165, 1.54) is 38.5 Å². The maximum Gasteiger partial charge on any atom is 0.132 e. The molecule has 0 radical (unpaired) electrons. The van der Waals surface area contributed by atoms with Gasteiger partial charge in [-0.25, -0.2) is 0 Å². The van der Waals surface area contributed by atoms with Crippen LogP contribution in [0.1, 0.15) is 119 Å². The molecule has 3 rings (SSSR count). The fraction of sp³-hybridized carbons (Fsp3) is 0.905. The lowest BCUT2D eigenvalue weighted by Gasteiger charge is -1.92. The van der Waals surface area contributed by atoms with Gasteiger partial charge in [-0.15, -0.1) is 12.4 Å². The van der Waals surface area contributed by atoms with Crippen LogP contribution in [0, 0.1) is 0 Å². The highest BCUT2D eigenvalue weighted by Gasteiger charge is 2.08. The minimum Gasteiger partial charge on any atom is -0.412 e. The topological polar surface area (TPSA) is 142 Å². The Kier molecular flexibility index (Phi) is 55.2. The Morgan fingerprint density at radius 2 is 1.11 bits per heavy atom. The molecule has 6 nitrogen and oxygen atoms in total. The highest BCUT2D eigenvalue weighted by molar-refractivity contribution is 5.85. The van der Waals surface area contributed by atoms with Gasteiger partial charge in [0.1, 0.15) is 5.78 Å². The molecule has 3 aliphatic carbocycles. The number of ketones is 1. The lowest BCUT2D eigenvalue weighted by molar-refractivity contribution is -0.117. The van der Waals surface area contributed by atoms with Gasteiger partial charge in [-0.2, -0.15) is 0 Å². The molecule has 0 saturated heterocycles. The van der Waals surface area contributed by atoms with E-state index in [-0.39, 0.29) is 24.0 Å². The molecule has 7 heteroatoms. The molecule has 3 saturated carbocycles. The SMILES string of the molecule is CC.CC.CC.Cl.N.NC1CCCC1.O.O=C1CCCC1.ON=C1CCCC1. The Morgan fingerprint density at radius 3 is 1.25 bits per heavy atom. The Labute approximate surface area is 181 Å². The largest absolute Gasteiger partial charge is 0.412 e. The van der Waals surface area contributed by atoms with E-state index < -0.39 is 0 Å². The zero-order valence-electron chi connectivity index (χ0n) is 19.6. The summed E-state index contributed by atoms with van der Waals surface area (Å²) in [5, 5.41) is 11.3. The van der Waals surface area contributed by atoms with E-state index in [1.54, 1.807) is 0 Å². The molecule has 0 aromatic rings. The second kappa shape index (κ2) is 37.1. The van der Waals surface area contributed by atoms with Crippen molar-refractivity contribution >= 4 is 23.9 Å².